The van der Waals surface area contributed by atoms with Crippen LogP contribution in [0.25, 0.3) is 0 Å². The van der Waals surface area contributed by atoms with Crippen molar-refractivity contribution in [1.82, 2.24) is 0 Å². The van der Waals surface area contributed by atoms with E-state index in [0.29, 0.717) is 0 Å². The minimum absolute atomic E-state index is 0.903. The third-order valence-electron chi connectivity index (χ3n) is 2.93. The third kappa shape index (κ3) is 1.39. The van der Waals surface area contributed by atoms with E-state index in [1.165, 1.54) is 29.5 Å². The number of aryl methyl sites for hydroxylation is 1. The molecule has 0 heterocycles. The van der Waals surface area contributed by atoms with E-state index in [2.05, 4.69) is 13.0 Å². The van der Waals surface area contributed by atoms with E-state index in [4.69, 9.17) is 0 Å². The molecule has 0 unspecified atom stereocenters. The molecule has 1 heteroatoms. The van der Waals surface area contributed by atoms with E-state index in [0.717, 1.165) is 24.7 Å². The topological polar surface area (TPSA) is 17.1 Å². The molecule has 1 aliphatic rings. The predicted molar refractivity (Wildman–Crippen MR) is 53.2 cm³/mol. The van der Waals surface area contributed by atoms with Gasteiger partial charge in [0.25, 0.3) is 0 Å². The Labute approximate surface area is 78.8 Å². The lowest BCUT2D eigenvalue weighted by molar-refractivity contribution is 0.112. The molecule has 0 atom stereocenters. The first-order chi connectivity index (χ1) is 6.33. The van der Waals surface area contributed by atoms with Crippen molar-refractivity contribution in [2.45, 2.75) is 32.6 Å². The fraction of sp³-hybridized carbons (Fsp3) is 0.417. The van der Waals surface area contributed by atoms with Crippen molar-refractivity contribution >= 4 is 6.29 Å². The Morgan fingerprint density at radius 1 is 1.15 bits per heavy atom. The van der Waals surface area contributed by atoms with Gasteiger partial charge in [0.15, 0.2) is 0 Å². The first kappa shape index (κ1) is 8.49. The third-order valence-corrected chi connectivity index (χ3v) is 2.93. The van der Waals surface area contributed by atoms with Crippen LogP contribution in [0.1, 0.15) is 39.9 Å². The first-order valence-corrected chi connectivity index (χ1v) is 4.89. The van der Waals surface area contributed by atoms with E-state index >= 15 is 0 Å². The van der Waals surface area contributed by atoms with E-state index in [-0.39, 0.29) is 0 Å². The first-order valence-electron chi connectivity index (χ1n) is 4.89. The Morgan fingerprint density at radius 2 is 1.85 bits per heavy atom. The minimum Gasteiger partial charge on any atom is -0.298 e. The second-order valence-corrected chi connectivity index (χ2v) is 3.75. The van der Waals surface area contributed by atoms with Crippen LogP contribution >= 0.6 is 0 Å². The standard InChI is InChI=1S/C12H14O/c1-9-6-7-10(8-13)12-5-3-2-4-11(9)12/h6-8H,2-5H2,1H3. The van der Waals surface area contributed by atoms with E-state index in [1.54, 1.807) is 0 Å². The molecular formula is C12H14O. The summed E-state index contributed by atoms with van der Waals surface area (Å²) < 4.78 is 0. The summed E-state index contributed by atoms with van der Waals surface area (Å²) in [6.07, 6.45) is 5.74. The van der Waals surface area contributed by atoms with Gasteiger partial charge < -0.3 is 0 Å². The molecule has 0 bridgehead atoms. The molecule has 1 aromatic carbocycles. The van der Waals surface area contributed by atoms with Crippen molar-refractivity contribution in [3.8, 4) is 0 Å². The number of rotatable bonds is 1. The molecule has 0 fully saturated rings. The minimum atomic E-state index is 0.903. The molecular weight excluding hydrogens is 160 g/mol. The van der Waals surface area contributed by atoms with Crippen molar-refractivity contribution in [3.05, 3.63) is 34.4 Å². The van der Waals surface area contributed by atoms with Crippen molar-refractivity contribution in [2.75, 3.05) is 0 Å². The maximum atomic E-state index is 10.8. The number of fused-ring (bicyclic) bond motifs is 1. The molecule has 0 aliphatic heterocycles. The highest BCUT2D eigenvalue weighted by Gasteiger charge is 2.14. The number of benzene rings is 1. The zero-order chi connectivity index (χ0) is 9.26. The molecule has 0 amide bonds. The number of aldehydes is 1. The normalized spacial score (nSPS) is 15.2. The molecule has 1 nitrogen and oxygen atoms in total. The fourth-order valence-electron chi connectivity index (χ4n) is 2.19. The summed E-state index contributed by atoms with van der Waals surface area (Å²) in [6.45, 7) is 2.14. The molecule has 0 saturated carbocycles. The molecule has 0 radical (unpaired) electrons. The Bertz CT molecular complexity index is 339. The molecule has 0 aromatic heterocycles. The lowest BCUT2D eigenvalue weighted by Gasteiger charge is -2.19. The van der Waals surface area contributed by atoms with Crippen LogP contribution in [0.3, 0.4) is 0 Å². The highest BCUT2D eigenvalue weighted by atomic mass is 16.1. The molecule has 13 heavy (non-hydrogen) atoms. The molecule has 68 valence electrons. The van der Waals surface area contributed by atoms with Crippen LogP contribution in [0.2, 0.25) is 0 Å². The Kier molecular flexibility index (Phi) is 2.17. The quantitative estimate of drug-likeness (QED) is 0.598. The van der Waals surface area contributed by atoms with Crippen LogP contribution in [-0.4, -0.2) is 6.29 Å². The van der Waals surface area contributed by atoms with Gasteiger partial charge in [-0.2, -0.15) is 0 Å². The van der Waals surface area contributed by atoms with Crippen LogP contribution in [0.15, 0.2) is 12.1 Å². The van der Waals surface area contributed by atoms with Gasteiger partial charge in [0, 0.05) is 5.56 Å². The van der Waals surface area contributed by atoms with Crippen molar-refractivity contribution in [1.29, 1.82) is 0 Å². The summed E-state index contributed by atoms with van der Waals surface area (Å²) in [4.78, 5) is 10.8. The molecule has 0 N–H and O–H groups in total. The summed E-state index contributed by atoms with van der Waals surface area (Å²) >= 11 is 0. The van der Waals surface area contributed by atoms with Crippen molar-refractivity contribution < 1.29 is 4.79 Å². The van der Waals surface area contributed by atoms with Gasteiger partial charge in [-0.15, -0.1) is 0 Å². The summed E-state index contributed by atoms with van der Waals surface area (Å²) in [5, 5.41) is 0. The molecule has 1 aliphatic carbocycles. The predicted octanol–water partition coefficient (Wildman–Crippen LogP) is 2.69. The van der Waals surface area contributed by atoms with Crippen molar-refractivity contribution in [2.24, 2.45) is 0 Å². The monoisotopic (exact) mass is 174 g/mol. The van der Waals surface area contributed by atoms with E-state index in [9.17, 15) is 4.79 Å². The van der Waals surface area contributed by atoms with Crippen molar-refractivity contribution in [3.63, 3.8) is 0 Å². The smallest absolute Gasteiger partial charge is 0.150 e. The number of hydrogen-bond donors (Lipinski definition) is 0. The van der Waals surface area contributed by atoms with Crippen LogP contribution in [0.5, 0.6) is 0 Å². The average Bonchev–Trinajstić information content (AvgIpc) is 2.19. The maximum absolute atomic E-state index is 10.8. The zero-order valence-corrected chi connectivity index (χ0v) is 7.97. The summed E-state index contributed by atoms with van der Waals surface area (Å²) in [6, 6.07) is 4.01. The van der Waals surface area contributed by atoms with Crippen LogP contribution < -0.4 is 0 Å². The maximum Gasteiger partial charge on any atom is 0.150 e. The number of carbonyl (C=O) groups is 1. The second kappa shape index (κ2) is 3.33. The van der Waals surface area contributed by atoms with Gasteiger partial charge in [-0.25, -0.2) is 0 Å². The Hall–Kier alpha value is -1.11. The molecule has 2 rings (SSSR count). The van der Waals surface area contributed by atoms with Gasteiger partial charge in [-0.3, -0.25) is 4.79 Å². The van der Waals surface area contributed by atoms with Gasteiger partial charge in [0.1, 0.15) is 6.29 Å². The Morgan fingerprint density at radius 3 is 2.54 bits per heavy atom. The average molecular weight is 174 g/mol. The zero-order valence-electron chi connectivity index (χ0n) is 7.97. The van der Waals surface area contributed by atoms with Gasteiger partial charge in [0.2, 0.25) is 0 Å². The largest absolute Gasteiger partial charge is 0.298 e. The molecule has 1 aromatic rings. The Balaban J connectivity index is 2.58. The van der Waals surface area contributed by atoms with E-state index < -0.39 is 0 Å². The van der Waals surface area contributed by atoms with Crippen LogP contribution in [0.4, 0.5) is 0 Å². The molecule has 0 spiro atoms. The lowest BCUT2D eigenvalue weighted by Crippen LogP contribution is -2.07. The fourth-order valence-corrected chi connectivity index (χ4v) is 2.19. The highest BCUT2D eigenvalue weighted by molar-refractivity contribution is 5.78. The summed E-state index contributed by atoms with van der Waals surface area (Å²) in [5.74, 6) is 0. The molecule has 0 saturated heterocycles. The van der Waals surface area contributed by atoms with Gasteiger partial charge in [-0.1, -0.05) is 12.1 Å². The summed E-state index contributed by atoms with van der Waals surface area (Å²) in [5.41, 5.74) is 4.98. The second-order valence-electron chi connectivity index (χ2n) is 3.75. The van der Waals surface area contributed by atoms with Gasteiger partial charge in [-0.05, 0) is 49.3 Å². The van der Waals surface area contributed by atoms with Gasteiger partial charge in [0.05, 0.1) is 0 Å². The van der Waals surface area contributed by atoms with Crippen LogP contribution in [0, 0.1) is 6.92 Å². The van der Waals surface area contributed by atoms with E-state index in [1.807, 2.05) is 6.07 Å². The van der Waals surface area contributed by atoms with Gasteiger partial charge >= 0.3 is 0 Å². The lowest BCUT2D eigenvalue weighted by atomic mass is 9.86. The summed E-state index contributed by atoms with van der Waals surface area (Å²) in [7, 11) is 0. The number of hydrogen-bond acceptors (Lipinski definition) is 1. The SMILES string of the molecule is Cc1ccc(C=O)c2c1CCCC2. The van der Waals surface area contributed by atoms with Crippen LogP contribution in [-0.2, 0) is 12.8 Å². The highest BCUT2D eigenvalue weighted by Crippen LogP contribution is 2.26. The number of carbonyl (C=O) groups excluding carboxylic acids is 1.